The Kier molecular flexibility index (Phi) is 3.19. The lowest BCUT2D eigenvalue weighted by Crippen LogP contribution is -2.43. The van der Waals surface area contributed by atoms with Gasteiger partial charge in [0.25, 0.3) is 0 Å². The van der Waals surface area contributed by atoms with Crippen LogP contribution in [0.15, 0.2) is 24.3 Å². The molecular formula is C14H18N2O2. The van der Waals surface area contributed by atoms with Crippen LogP contribution in [0.25, 0.3) is 0 Å². The fraction of sp³-hybridized carbons (Fsp3) is 0.500. The van der Waals surface area contributed by atoms with E-state index in [2.05, 4.69) is 10.6 Å². The molecule has 1 saturated heterocycles. The van der Waals surface area contributed by atoms with Crippen LogP contribution >= 0.6 is 0 Å². The van der Waals surface area contributed by atoms with Crippen LogP contribution < -0.4 is 15.4 Å². The molecule has 0 aromatic heterocycles. The number of amides is 1. The summed E-state index contributed by atoms with van der Waals surface area (Å²) in [5.41, 5.74) is 1.09. The molecule has 2 aliphatic heterocycles. The van der Waals surface area contributed by atoms with Crippen LogP contribution in [0.4, 0.5) is 0 Å². The fourth-order valence-electron chi connectivity index (χ4n) is 2.67. The molecule has 0 aliphatic carbocycles. The van der Waals surface area contributed by atoms with Crippen LogP contribution in [0.2, 0.25) is 0 Å². The molecule has 18 heavy (non-hydrogen) atoms. The lowest BCUT2D eigenvalue weighted by atomic mass is 10.00. The van der Waals surface area contributed by atoms with Crippen molar-refractivity contribution in [2.24, 2.45) is 0 Å². The van der Waals surface area contributed by atoms with E-state index in [0.29, 0.717) is 6.61 Å². The molecule has 0 radical (unpaired) electrons. The van der Waals surface area contributed by atoms with Gasteiger partial charge in [0.15, 0.2) is 0 Å². The quantitative estimate of drug-likeness (QED) is 0.829. The zero-order valence-electron chi connectivity index (χ0n) is 10.3. The van der Waals surface area contributed by atoms with Crippen molar-refractivity contribution < 1.29 is 9.53 Å². The normalized spacial score (nSPS) is 26.2. The number of para-hydroxylation sites is 1. The maximum Gasteiger partial charge on any atom is 0.237 e. The van der Waals surface area contributed by atoms with Crippen LogP contribution in [0.5, 0.6) is 5.75 Å². The largest absolute Gasteiger partial charge is 0.493 e. The average Bonchev–Trinajstić information content (AvgIpc) is 2.93. The van der Waals surface area contributed by atoms with E-state index in [9.17, 15) is 4.79 Å². The summed E-state index contributed by atoms with van der Waals surface area (Å²) in [5, 5.41) is 6.36. The predicted octanol–water partition coefficient (Wildman–Crippen LogP) is 1.38. The smallest absolute Gasteiger partial charge is 0.237 e. The van der Waals surface area contributed by atoms with E-state index in [4.69, 9.17) is 4.74 Å². The molecule has 96 valence electrons. The van der Waals surface area contributed by atoms with E-state index in [0.717, 1.165) is 37.1 Å². The lowest BCUT2D eigenvalue weighted by molar-refractivity contribution is -0.123. The van der Waals surface area contributed by atoms with Crippen molar-refractivity contribution >= 4 is 5.91 Å². The van der Waals surface area contributed by atoms with Crippen LogP contribution in [0.1, 0.15) is 30.9 Å². The lowest BCUT2D eigenvalue weighted by Gasteiger charge is -2.27. The minimum Gasteiger partial charge on any atom is -0.493 e. The predicted molar refractivity (Wildman–Crippen MR) is 68.5 cm³/mol. The third-order valence-corrected chi connectivity index (χ3v) is 3.65. The molecule has 1 fully saturated rings. The number of hydrogen-bond acceptors (Lipinski definition) is 3. The molecule has 1 amide bonds. The number of rotatable bonds is 2. The van der Waals surface area contributed by atoms with E-state index in [-0.39, 0.29) is 18.0 Å². The maximum atomic E-state index is 12.1. The van der Waals surface area contributed by atoms with Gasteiger partial charge in [0, 0.05) is 12.0 Å². The molecule has 3 rings (SSSR count). The van der Waals surface area contributed by atoms with Gasteiger partial charge in [-0.3, -0.25) is 4.79 Å². The summed E-state index contributed by atoms with van der Waals surface area (Å²) in [4.78, 5) is 12.1. The molecule has 2 aliphatic rings. The molecule has 0 bridgehead atoms. The van der Waals surface area contributed by atoms with Gasteiger partial charge < -0.3 is 15.4 Å². The van der Waals surface area contributed by atoms with E-state index >= 15 is 0 Å². The molecule has 1 aromatic rings. The Bertz CT molecular complexity index is 441. The highest BCUT2D eigenvalue weighted by molar-refractivity contribution is 5.82. The van der Waals surface area contributed by atoms with Gasteiger partial charge in [-0.1, -0.05) is 18.2 Å². The van der Waals surface area contributed by atoms with Crippen LogP contribution in [-0.4, -0.2) is 25.1 Å². The van der Waals surface area contributed by atoms with Crippen molar-refractivity contribution in [3.63, 3.8) is 0 Å². The third kappa shape index (κ3) is 2.20. The first kappa shape index (κ1) is 11.5. The molecule has 1 unspecified atom stereocenters. The van der Waals surface area contributed by atoms with Gasteiger partial charge in [0.05, 0.1) is 18.7 Å². The number of carbonyl (C=O) groups excluding carboxylic acids is 1. The number of nitrogens with one attached hydrogen (secondary N) is 2. The summed E-state index contributed by atoms with van der Waals surface area (Å²) < 4.78 is 5.59. The molecule has 2 atom stereocenters. The highest BCUT2D eigenvalue weighted by Gasteiger charge is 2.27. The second kappa shape index (κ2) is 4.98. The minimum atomic E-state index is -0.0139. The Morgan fingerprint density at radius 2 is 2.22 bits per heavy atom. The molecular weight excluding hydrogens is 228 g/mol. The van der Waals surface area contributed by atoms with E-state index < -0.39 is 0 Å². The van der Waals surface area contributed by atoms with Crippen molar-refractivity contribution in [3.05, 3.63) is 29.8 Å². The number of benzene rings is 1. The number of ether oxygens (including phenoxy) is 1. The monoisotopic (exact) mass is 246 g/mol. The van der Waals surface area contributed by atoms with Crippen molar-refractivity contribution in [2.45, 2.75) is 31.3 Å². The molecule has 2 heterocycles. The highest BCUT2D eigenvalue weighted by Crippen LogP contribution is 2.31. The Balaban J connectivity index is 1.72. The Morgan fingerprint density at radius 1 is 1.33 bits per heavy atom. The fourth-order valence-corrected chi connectivity index (χ4v) is 2.67. The Morgan fingerprint density at radius 3 is 3.06 bits per heavy atom. The first-order valence-electron chi connectivity index (χ1n) is 6.60. The summed E-state index contributed by atoms with van der Waals surface area (Å²) in [6.07, 6.45) is 2.87. The second-order valence-corrected chi connectivity index (χ2v) is 4.89. The van der Waals surface area contributed by atoms with Gasteiger partial charge in [-0.2, -0.15) is 0 Å². The van der Waals surface area contributed by atoms with Gasteiger partial charge in [0.2, 0.25) is 5.91 Å². The third-order valence-electron chi connectivity index (χ3n) is 3.65. The van der Waals surface area contributed by atoms with Crippen molar-refractivity contribution in [2.75, 3.05) is 13.2 Å². The standard InChI is InChI=1S/C14H18N2O2/c17-14(12-5-3-8-15-12)16-11-7-9-18-13-6-2-1-4-10(11)13/h1-2,4,6,11-12,15H,3,5,7-9H2,(H,16,17)/t11?,12-/m0/s1. The van der Waals surface area contributed by atoms with Gasteiger partial charge in [-0.15, -0.1) is 0 Å². The molecule has 4 nitrogen and oxygen atoms in total. The average molecular weight is 246 g/mol. The number of hydrogen-bond donors (Lipinski definition) is 2. The van der Waals surface area contributed by atoms with Crippen molar-refractivity contribution in [3.8, 4) is 5.75 Å². The summed E-state index contributed by atoms with van der Waals surface area (Å²) in [7, 11) is 0. The first-order chi connectivity index (χ1) is 8.84. The Labute approximate surface area is 107 Å². The van der Waals surface area contributed by atoms with Crippen LogP contribution in [0.3, 0.4) is 0 Å². The minimum absolute atomic E-state index is 0.0139. The van der Waals surface area contributed by atoms with Crippen LogP contribution in [0, 0.1) is 0 Å². The summed E-state index contributed by atoms with van der Waals surface area (Å²) in [6.45, 7) is 1.61. The highest BCUT2D eigenvalue weighted by atomic mass is 16.5. The molecule has 4 heteroatoms. The zero-order valence-corrected chi connectivity index (χ0v) is 10.3. The van der Waals surface area contributed by atoms with Crippen LogP contribution in [-0.2, 0) is 4.79 Å². The van der Waals surface area contributed by atoms with Gasteiger partial charge in [0.1, 0.15) is 5.75 Å². The van der Waals surface area contributed by atoms with E-state index in [1.807, 2.05) is 24.3 Å². The summed E-state index contributed by atoms with van der Waals surface area (Å²) in [5.74, 6) is 1.02. The summed E-state index contributed by atoms with van der Waals surface area (Å²) in [6, 6.07) is 8.01. The topological polar surface area (TPSA) is 50.4 Å². The molecule has 0 spiro atoms. The second-order valence-electron chi connectivity index (χ2n) is 4.89. The van der Waals surface area contributed by atoms with E-state index in [1.165, 1.54) is 0 Å². The van der Waals surface area contributed by atoms with Gasteiger partial charge >= 0.3 is 0 Å². The zero-order chi connectivity index (χ0) is 12.4. The molecule has 2 N–H and O–H groups in total. The maximum absolute atomic E-state index is 12.1. The first-order valence-corrected chi connectivity index (χ1v) is 6.60. The van der Waals surface area contributed by atoms with Crippen molar-refractivity contribution in [1.29, 1.82) is 0 Å². The van der Waals surface area contributed by atoms with Crippen molar-refractivity contribution in [1.82, 2.24) is 10.6 Å². The van der Waals surface area contributed by atoms with Gasteiger partial charge in [-0.25, -0.2) is 0 Å². The number of carbonyl (C=O) groups is 1. The summed E-state index contributed by atoms with van der Waals surface area (Å²) >= 11 is 0. The SMILES string of the molecule is O=C(NC1CCOc2ccccc21)[C@@H]1CCCN1. The Hall–Kier alpha value is -1.55. The van der Waals surface area contributed by atoms with E-state index in [1.54, 1.807) is 0 Å². The molecule has 0 saturated carbocycles. The number of fused-ring (bicyclic) bond motifs is 1. The molecule has 1 aromatic carbocycles. The van der Waals surface area contributed by atoms with Gasteiger partial charge in [-0.05, 0) is 25.5 Å².